The van der Waals surface area contributed by atoms with E-state index in [1.54, 1.807) is 6.08 Å². The molecule has 3 aliphatic carbocycles. The molecule has 0 amide bonds. The number of hydrogen-bond acceptors (Lipinski definition) is 5. The van der Waals surface area contributed by atoms with Crippen LogP contribution in [0.2, 0.25) is 0 Å². The highest BCUT2D eigenvalue weighted by molar-refractivity contribution is 5.91. The van der Waals surface area contributed by atoms with Gasteiger partial charge in [-0.25, -0.2) is 0 Å². The summed E-state index contributed by atoms with van der Waals surface area (Å²) >= 11 is 0. The van der Waals surface area contributed by atoms with Crippen LogP contribution in [0.25, 0.3) is 0 Å². The molecule has 26 heavy (non-hydrogen) atoms. The third-order valence-electron chi connectivity index (χ3n) is 6.84. The maximum atomic E-state index is 13.2. The zero-order chi connectivity index (χ0) is 19.5. The van der Waals surface area contributed by atoms with Crippen LogP contribution in [0.4, 0.5) is 0 Å². The first-order chi connectivity index (χ1) is 11.9. The Morgan fingerprint density at radius 2 is 2.04 bits per heavy atom. The van der Waals surface area contributed by atoms with E-state index in [9.17, 15) is 19.8 Å². The number of aliphatic hydroxyl groups is 2. The molecule has 6 atom stereocenters. The summed E-state index contributed by atoms with van der Waals surface area (Å²) in [6, 6.07) is 0. The number of esters is 1. The first-order valence-corrected chi connectivity index (χ1v) is 9.41. The molecule has 0 spiro atoms. The molecule has 0 saturated heterocycles. The molecule has 0 bridgehead atoms. The van der Waals surface area contributed by atoms with Crippen LogP contribution in [0.15, 0.2) is 24.3 Å². The van der Waals surface area contributed by atoms with Crippen LogP contribution in [-0.4, -0.2) is 39.8 Å². The lowest BCUT2D eigenvalue weighted by Crippen LogP contribution is -2.67. The predicted molar refractivity (Wildman–Crippen MR) is 97.1 cm³/mol. The van der Waals surface area contributed by atoms with Gasteiger partial charge in [0.1, 0.15) is 11.7 Å². The number of carbonyl (C=O) groups excluding carboxylic acids is 2. The standard InChI is InChI=1S/C21H30O5/c1-6-20(5)10-14-16(26-12(2)22)9-13-18(21(14,25)17(24)11-20)15(23)7-8-19(13,3)4/h6,9,14-16,18,23,25H,1,7-8,10-11H2,2-5H3/t14-,15+,16+,18-,20-,21+/m1/s1. The van der Waals surface area contributed by atoms with Crippen molar-refractivity contribution in [1.29, 1.82) is 0 Å². The first kappa shape index (κ1) is 19.3. The van der Waals surface area contributed by atoms with Crippen LogP contribution in [0.1, 0.15) is 53.4 Å². The Morgan fingerprint density at radius 1 is 1.38 bits per heavy atom. The van der Waals surface area contributed by atoms with E-state index in [2.05, 4.69) is 6.58 Å². The molecule has 0 unspecified atom stereocenters. The van der Waals surface area contributed by atoms with Crippen molar-refractivity contribution >= 4 is 11.8 Å². The first-order valence-electron chi connectivity index (χ1n) is 9.41. The van der Waals surface area contributed by atoms with E-state index in [1.165, 1.54) is 6.92 Å². The maximum Gasteiger partial charge on any atom is 0.303 e. The summed E-state index contributed by atoms with van der Waals surface area (Å²) in [5.41, 5.74) is -1.63. The Balaban J connectivity index is 2.18. The van der Waals surface area contributed by atoms with Crippen LogP contribution in [-0.2, 0) is 14.3 Å². The average Bonchev–Trinajstić information content (AvgIpc) is 2.53. The van der Waals surface area contributed by atoms with Gasteiger partial charge in [0.15, 0.2) is 5.78 Å². The Morgan fingerprint density at radius 3 is 2.62 bits per heavy atom. The summed E-state index contributed by atoms with van der Waals surface area (Å²) in [4.78, 5) is 24.9. The SMILES string of the molecule is C=C[C@@]1(C)CC(=O)[C@@]2(O)[C@H](C1)[C@@H](OC(C)=O)C=C1[C@@H]2[C@@H](O)CCC1(C)C. The number of rotatable bonds is 2. The minimum atomic E-state index is -1.72. The summed E-state index contributed by atoms with van der Waals surface area (Å²) in [5, 5.41) is 22.4. The van der Waals surface area contributed by atoms with E-state index in [0.29, 0.717) is 12.8 Å². The molecule has 5 nitrogen and oxygen atoms in total. The van der Waals surface area contributed by atoms with Gasteiger partial charge in [0.2, 0.25) is 0 Å². The molecule has 3 rings (SSSR count). The molecule has 0 radical (unpaired) electrons. The second kappa shape index (κ2) is 6.03. The summed E-state index contributed by atoms with van der Waals surface area (Å²) in [6.45, 7) is 11.2. The Hall–Kier alpha value is -1.46. The number of ether oxygens (including phenoxy) is 1. The van der Waals surface area contributed by atoms with Gasteiger partial charge in [-0.3, -0.25) is 9.59 Å². The average molecular weight is 362 g/mol. The van der Waals surface area contributed by atoms with Gasteiger partial charge in [-0.15, -0.1) is 6.58 Å². The van der Waals surface area contributed by atoms with Crippen molar-refractivity contribution in [3.8, 4) is 0 Å². The lowest BCUT2D eigenvalue weighted by Gasteiger charge is -2.58. The zero-order valence-corrected chi connectivity index (χ0v) is 16.1. The fourth-order valence-corrected chi connectivity index (χ4v) is 5.28. The van der Waals surface area contributed by atoms with Crippen molar-refractivity contribution in [2.75, 3.05) is 0 Å². The van der Waals surface area contributed by atoms with Gasteiger partial charge in [0, 0.05) is 25.2 Å². The second-order valence-corrected chi connectivity index (χ2v) is 9.26. The van der Waals surface area contributed by atoms with E-state index in [1.807, 2.05) is 26.8 Å². The molecule has 2 N–H and O–H groups in total. The van der Waals surface area contributed by atoms with Gasteiger partial charge in [-0.1, -0.05) is 32.4 Å². The largest absolute Gasteiger partial charge is 0.458 e. The smallest absolute Gasteiger partial charge is 0.303 e. The molecule has 0 aromatic heterocycles. The number of ketones is 1. The predicted octanol–water partition coefficient (Wildman–Crippen LogP) is 2.56. The summed E-state index contributed by atoms with van der Waals surface area (Å²) in [5.74, 6) is -1.97. The fraction of sp³-hybridized carbons (Fsp3) is 0.714. The molecule has 0 aromatic rings. The van der Waals surface area contributed by atoms with E-state index >= 15 is 0 Å². The third kappa shape index (κ3) is 2.76. The molecule has 5 heteroatoms. The van der Waals surface area contributed by atoms with Crippen molar-refractivity contribution in [2.45, 2.75) is 71.2 Å². The number of Topliss-reactive ketones (excluding diaryl/α,β-unsaturated/α-hetero) is 1. The fourth-order valence-electron chi connectivity index (χ4n) is 5.28. The van der Waals surface area contributed by atoms with Crippen LogP contribution in [0.5, 0.6) is 0 Å². The molecule has 0 aromatic carbocycles. The van der Waals surface area contributed by atoms with Gasteiger partial charge in [-0.2, -0.15) is 0 Å². The second-order valence-electron chi connectivity index (χ2n) is 9.26. The topological polar surface area (TPSA) is 83.8 Å². The van der Waals surface area contributed by atoms with Gasteiger partial charge >= 0.3 is 5.97 Å². The normalized spacial score (nSPS) is 44.4. The van der Waals surface area contributed by atoms with Crippen molar-refractivity contribution in [1.82, 2.24) is 0 Å². The minimum Gasteiger partial charge on any atom is -0.458 e. The molecular formula is C21H30O5. The molecule has 2 fully saturated rings. The molecule has 0 heterocycles. The zero-order valence-electron chi connectivity index (χ0n) is 16.1. The van der Waals surface area contributed by atoms with E-state index in [-0.39, 0.29) is 17.6 Å². The molecular weight excluding hydrogens is 332 g/mol. The lowest BCUT2D eigenvalue weighted by molar-refractivity contribution is -0.192. The Kier molecular flexibility index (Phi) is 4.48. The maximum absolute atomic E-state index is 13.2. The van der Waals surface area contributed by atoms with Gasteiger partial charge in [-0.05, 0) is 36.2 Å². The van der Waals surface area contributed by atoms with Gasteiger partial charge < -0.3 is 14.9 Å². The van der Waals surface area contributed by atoms with Crippen molar-refractivity contribution in [3.63, 3.8) is 0 Å². The summed E-state index contributed by atoms with van der Waals surface area (Å²) < 4.78 is 5.55. The molecule has 3 aliphatic rings. The number of allylic oxidation sites excluding steroid dienone is 1. The molecule has 144 valence electrons. The minimum absolute atomic E-state index is 0.174. The Labute approximate surface area is 155 Å². The molecule has 2 saturated carbocycles. The monoisotopic (exact) mass is 362 g/mol. The molecule has 0 aliphatic heterocycles. The van der Waals surface area contributed by atoms with E-state index < -0.39 is 41.0 Å². The number of hydrogen-bond donors (Lipinski definition) is 2. The lowest BCUT2D eigenvalue weighted by atomic mass is 9.49. The quantitative estimate of drug-likeness (QED) is 0.583. The van der Waals surface area contributed by atoms with Crippen LogP contribution in [0.3, 0.4) is 0 Å². The van der Waals surface area contributed by atoms with Crippen molar-refractivity contribution in [3.05, 3.63) is 24.3 Å². The highest BCUT2D eigenvalue weighted by Gasteiger charge is 2.64. The van der Waals surface area contributed by atoms with Crippen LogP contribution in [0, 0.1) is 22.7 Å². The van der Waals surface area contributed by atoms with E-state index in [0.717, 1.165) is 12.0 Å². The van der Waals surface area contributed by atoms with Crippen LogP contribution >= 0.6 is 0 Å². The van der Waals surface area contributed by atoms with Crippen molar-refractivity contribution < 1.29 is 24.5 Å². The van der Waals surface area contributed by atoms with E-state index in [4.69, 9.17) is 4.74 Å². The highest BCUT2D eigenvalue weighted by atomic mass is 16.5. The number of fused-ring (bicyclic) bond motifs is 3. The van der Waals surface area contributed by atoms with Gasteiger partial charge in [0.05, 0.1) is 6.10 Å². The Bertz CT molecular complexity index is 678. The summed E-state index contributed by atoms with van der Waals surface area (Å²) in [7, 11) is 0. The van der Waals surface area contributed by atoms with Crippen LogP contribution < -0.4 is 0 Å². The van der Waals surface area contributed by atoms with Gasteiger partial charge in [0.25, 0.3) is 0 Å². The number of carbonyl (C=O) groups is 2. The third-order valence-corrected chi connectivity index (χ3v) is 6.84. The number of aliphatic hydroxyl groups excluding tert-OH is 1. The van der Waals surface area contributed by atoms with Crippen molar-refractivity contribution in [2.24, 2.45) is 22.7 Å². The highest BCUT2D eigenvalue weighted by Crippen LogP contribution is 2.58. The summed E-state index contributed by atoms with van der Waals surface area (Å²) in [6.07, 6.45) is 4.11.